The molecule has 0 heterocycles. The van der Waals surface area contributed by atoms with Gasteiger partial charge in [-0.25, -0.2) is 0 Å². The standard InChI is InChI=1S/C13H17ClN2O3S/c1-19-13(18)8-20-6-2-3-12(17)16-11-7-9(14)4-5-10(11)15/h4-5,7H,2-3,6,8,15H2,1H3,(H,16,17). The van der Waals surface area contributed by atoms with Crippen LogP contribution in [0.5, 0.6) is 0 Å². The highest BCUT2D eigenvalue weighted by Gasteiger charge is 2.06. The number of hydrogen-bond donors (Lipinski definition) is 2. The van der Waals surface area contributed by atoms with Crippen molar-refractivity contribution in [2.45, 2.75) is 12.8 Å². The second kappa shape index (κ2) is 8.71. The zero-order valence-electron chi connectivity index (χ0n) is 11.1. The Kier molecular flexibility index (Phi) is 7.25. The fourth-order valence-electron chi connectivity index (χ4n) is 1.40. The molecule has 110 valence electrons. The largest absolute Gasteiger partial charge is 0.468 e. The summed E-state index contributed by atoms with van der Waals surface area (Å²) in [6.07, 6.45) is 1.04. The molecule has 0 aliphatic carbocycles. The maximum absolute atomic E-state index is 11.7. The van der Waals surface area contributed by atoms with Crippen LogP contribution in [0.25, 0.3) is 0 Å². The van der Waals surface area contributed by atoms with Gasteiger partial charge in [-0.1, -0.05) is 11.6 Å². The lowest BCUT2D eigenvalue weighted by Gasteiger charge is -2.08. The Hall–Kier alpha value is -1.40. The number of rotatable bonds is 7. The van der Waals surface area contributed by atoms with Gasteiger partial charge in [-0.15, -0.1) is 0 Å². The molecular weight excluding hydrogens is 300 g/mol. The molecule has 0 saturated heterocycles. The third-order valence-electron chi connectivity index (χ3n) is 2.43. The number of ether oxygens (including phenoxy) is 1. The molecule has 0 saturated carbocycles. The van der Waals surface area contributed by atoms with Crippen LogP contribution in [0, 0.1) is 0 Å². The average Bonchev–Trinajstić information content (AvgIpc) is 2.42. The molecule has 7 heteroatoms. The molecule has 0 fully saturated rings. The van der Waals surface area contributed by atoms with Gasteiger partial charge in [0, 0.05) is 11.4 Å². The molecule has 0 unspecified atom stereocenters. The van der Waals surface area contributed by atoms with Crippen LogP contribution < -0.4 is 11.1 Å². The van der Waals surface area contributed by atoms with Crippen LogP contribution in [0.3, 0.4) is 0 Å². The fourth-order valence-corrected chi connectivity index (χ4v) is 2.35. The number of anilines is 2. The summed E-state index contributed by atoms with van der Waals surface area (Å²) in [6.45, 7) is 0. The lowest BCUT2D eigenvalue weighted by Crippen LogP contribution is -2.13. The maximum Gasteiger partial charge on any atom is 0.315 e. The number of hydrogen-bond acceptors (Lipinski definition) is 5. The van der Waals surface area contributed by atoms with Crippen molar-refractivity contribution >= 4 is 46.6 Å². The molecule has 1 rings (SSSR count). The van der Waals surface area contributed by atoms with Gasteiger partial charge in [0.15, 0.2) is 0 Å². The van der Waals surface area contributed by atoms with Gasteiger partial charge in [0.25, 0.3) is 0 Å². The Balaban J connectivity index is 2.27. The molecule has 0 aliphatic heterocycles. The fraction of sp³-hybridized carbons (Fsp3) is 0.385. The number of carbonyl (C=O) groups is 2. The van der Waals surface area contributed by atoms with Crippen molar-refractivity contribution in [3.63, 3.8) is 0 Å². The Morgan fingerprint density at radius 3 is 2.90 bits per heavy atom. The van der Waals surface area contributed by atoms with Gasteiger partial charge >= 0.3 is 5.97 Å². The maximum atomic E-state index is 11.7. The highest BCUT2D eigenvalue weighted by Crippen LogP contribution is 2.23. The van der Waals surface area contributed by atoms with Gasteiger partial charge in [0.05, 0.1) is 24.2 Å². The van der Waals surface area contributed by atoms with E-state index in [1.807, 2.05) is 0 Å². The first kappa shape index (κ1) is 16.7. The van der Waals surface area contributed by atoms with Crippen molar-refractivity contribution in [2.75, 3.05) is 29.7 Å². The number of benzene rings is 1. The van der Waals surface area contributed by atoms with Crippen LogP contribution in [-0.2, 0) is 14.3 Å². The average molecular weight is 317 g/mol. The van der Waals surface area contributed by atoms with E-state index in [2.05, 4.69) is 10.1 Å². The van der Waals surface area contributed by atoms with E-state index >= 15 is 0 Å². The molecule has 1 aromatic carbocycles. The second-order valence-electron chi connectivity index (χ2n) is 4.01. The van der Waals surface area contributed by atoms with E-state index in [1.165, 1.54) is 18.9 Å². The quantitative estimate of drug-likeness (QED) is 0.459. The van der Waals surface area contributed by atoms with E-state index in [9.17, 15) is 9.59 Å². The van der Waals surface area contributed by atoms with E-state index in [0.717, 1.165) is 0 Å². The third kappa shape index (κ3) is 6.16. The molecule has 1 aromatic rings. The Labute approximate surface area is 127 Å². The smallest absolute Gasteiger partial charge is 0.315 e. The summed E-state index contributed by atoms with van der Waals surface area (Å²) in [5, 5.41) is 3.23. The lowest BCUT2D eigenvalue weighted by molar-refractivity contribution is -0.137. The lowest BCUT2D eigenvalue weighted by atomic mass is 10.2. The number of nitrogen functional groups attached to an aromatic ring is 1. The van der Waals surface area contributed by atoms with E-state index in [1.54, 1.807) is 18.2 Å². The molecule has 5 nitrogen and oxygen atoms in total. The molecule has 0 radical (unpaired) electrons. The van der Waals surface area contributed by atoms with E-state index in [0.29, 0.717) is 40.7 Å². The zero-order chi connectivity index (χ0) is 15.0. The highest BCUT2D eigenvalue weighted by atomic mass is 35.5. The number of nitrogens with two attached hydrogens (primary N) is 1. The molecule has 3 N–H and O–H groups in total. The first-order valence-electron chi connectivity index (χ1n) is 6.02. The summed E-state index contributed by atoms with van der Waals surface area (Å²) in [7, 11) is 1.35. The van der Waals surface area contributed by atoms with Gasteiger partial charge in [-0.3, -0.25) is 9.59 Å². The number of halogens is 1. The monoisotopic (exact) mass is 316 g/mol. The van der Waals surface area contributed by atoms with E-state index in [4.69, 9.17) is 17.3 Å². The number of carbonyl (C=O) groups excluding carboxylic acids is 2. The summed E-state index contributed by atoms with van der Waals surface area (Å²) in [5.41, 5.74) is 6.73. The molecule has 20 heavy (non-hydrogen) atoms. The predicted octanol–water partition coefficient (Wildman–Crippen LogP) is 2.55. The van der Waals surface area contributed by atoms with Gasteiger partial charge in [0.1, 0.15) is 0 Å². The number of amides is 1. The van der Waals surface area contributed by atoms with Crippen molar-refractivity contribution in [3.8, 4) is 0 Å². The Bertz CT molecular complexity index is 483. The van der Waals surface area contributed by atoms with Crippen LogP contribution in [-0.4, -0.2) is 30.5 Å². The van der Waals surface area contributed by atoms with Gasteiger partial charge in [0.2, 0.25) is 5.91 Å². The molecular formula is C13H17ClN2O3S. The van der Waals surface area contributed by atoms with E-state index in [-0.39, 0.29) is 11.9 Å². The molecule has 0 bridgehead atoms. The Morgan fingerprint density at radius 1 is 1.45 bits per heavy atom. The summed E-state index contributed by atoms with van der Waals surface area (Å²) >= 11 is 7.27. The molecule has 0 aromatic heterocycles. The number of thioether (sulfide) groups is 1. The van der Waals surface area contributed by atoms with Crippen molar-refractivity contribution in [2.24, 2.45) is 0 Å². The molecule has 0 spiro atoms. The minimum absolute atomic E-state index is 0.127. The van der Waals surface area contributed by atoms with Crippen LogP contribution in [0.15, 0.2) is 18.2 Å². The summed E-state index contributed by atoms with van der Waals surface area (Å²) in [6, 6.07) is 4.92. The molecule has 1 amide bonds. The van der Waals surface area contributed by atoms with Gasteiger partial charge < -0.3 is 15.8 Å². The number of methoxy groups -OCH3 is 1. The molecule has 0 aliphatic rings. The normalized spacial score (nSPS) is 10.1. The Morgan fingerprint density at radius 2 is 2.20 bits per heavy atom. The van der Waals surface area contributed by atoms with Crippen molar-refractivity contribution in [1.29, 1.82) is 0 Å². The zero-order valence-corrected chi connectivity index (χ0v) is 12.7. The first-order valence-corrected chi connectivity index (χ1v) is 7.55. The van der Waals surface area contributed by atoms with Crippen molar-refractivity contribution in [3.05, 3.63) is 23.2 Å². The van der Waals surface area contributed by atoms with Crippen LogP contribution in [0.2, 0.25) is 5.02 Å². The van der Waals surface area contributed by atoms with Crippen molar-refractivity contribution < 1.29 is 14.3 Å². The second-order valence-corrected chi connectivity index (χ2v) is 5.55. The third-order valence-corrected chi connectivity index (χ3v) is 3.68. The van der Waals surface area contributed by atoms with Crippen LogP contribution in [0.4, 0.5) is 11.4 Å². The van der Waals surface area contributed by atoms with E-state index < -0.39 is 0 Å². The number of esters is 1. The van der Waals surface area contributed by atoms with Gasteiger partial charge in [-0.05, 0) is 30.4 Å². The number of nitrogens with one attached hydrogen (secondary N) is 1. The summed E-state index contributed by atoms with van der Waals surface area (Å²) < 4.78 is 4.52. The molecule has 0 atom stereocenters. The van der Waals surface area contributed by atoms with Crippen molar-refractivity contribution in [1.82, 2.24) is 0 Å². The topological polar surface area (TPSA) is 81.4 Å². The highest BCUT2D eigenvalue weighted by molar-refractivity contribution is 7.99. The SMILES string of the molecule is COC(=O)CSCCCC(=O)Nc1cc(Cl)ccc1N. The summed E-state index contributed by atoms with van der Waals surface area (Å²) in [5.74, 6) is 0.635. The minimum Gasteiger partial charge on any atom is -0.468 e. The van der Waals surface area contributed by atoms with Crippen LogP contribution in [0.1, 0.15) is 12.8 Å². The first-order chi connectivity index (χ1) is 9.52. The summed E-state index contributed by atoms with van der Waals surface area (Å²) in [4.78, 5) is 22.6. The van der Waals surface area contributed by atoms with Crippen LogP contribution >= 0.6 is 23.4 Å². The predicted molar refractivity (Wildman–Crippen MR) is 83.1 cm³/mol. The minimum atomic E-state index is -0.258. The van der Waals surface area contributed by atoms with Gasteiger partial charge in [-0.2, -0.15) is 11.8 Å².